The van der Waals surface area contributed by atoms with Crippen LogP contribution in [0.15, 0.2) is 60.7 Å². The van der Waals surface area contributed by atoms with E-state index < -0.39 is 0 Å². The number of hydrogen-bond acceptors (Lipinski definition) is 2. The molecule has 4 rings (SSSR count). The van der Waals surface area contributed by atoms with Gasteiger partial charge in [-0.3, -0.25) is 0 Å². The summed E-state index contributed by atoms with van der Waals surface area (Å²) in [6, 6.07) is 21.2. The maximum atomic E-state index is 6.46. The maximum Gasteiger partial charge on any atom is 0.0725 e. The van der Waals surface area contributed by atoms with E-state index in [-0.39, 0.29) is 6.04 Å². The maximum absolute atomic E-state index is 6.46. The van der Waals surface area contributed by atoms with Gasteiger partial charge in [0.25, 0.3) is 0 Å². The molecule has 0 saturated heterocycles. The van der Waals surface area contributed by atoms with Gasteiger partial charge in [-0.2, -0.15) is 0 Å². The highest BCUT2D eigenvalue weighted by atomic mass is 16.5. The van der Waals surface area contributed by atoms with Gasteiger partial charge in [-0.15, -0.1) is 0 Å². The molecule has 1 atom stereocenters. The van der Waals surface area contributed by atoms with Crippen LogP contribution in [0.1, 0.15) is 28.3 Å². The van der Waals surface area contributed by atoms with Gasteiger partial charge in [0.05, 0.1) is 19.3 Å². The Bertz CT molecular complexity index is 810. The zero-order chi connectivity index (χ0) is 14.2. The highest BCUT2D eigenvalue weighted by Crippen LogP contribution is 2.27. The van der Waals surface area contributed by atoms with Crippen molar-refractivity contribution in [2.24, 2.45) is 5.73 Å². The Morgan fingerprint density at radius 1 is 0.762 bits per heavy atom. The molecule has 0 saturated carbocycles. The smallest absolute Gasteiger partial charge is 0.0725 e. The summed E-state index contributed by atoms with van der Waals surface area (Å²) in [5.41, 5.74) is 11.3. The number of benzene rings is 3. The zero-order valence-electron chi connectivity index (χ0n) is 11.8. The van der Waals surface area contributed by atoms with E-state index in [1.807, 2.05) is 0 Å². The van der Waals surface area contributed by atoms with Crippen LogP contribution < -0.4 is 5.73 Å². The zero-order valence-corrected chi connectivity index (χ0v) is 11.8. The average molecular weight is 275 g/mol. The third-order valence-corrected chi connectivity index (χ3v) is 4.24. The third kappa shape index (κ3) is 2.23. The molecule has 21 heavy (non-hydrogen) atoms. The van der Waals surface area contributed by atoms with Gasteiger partial charge in [-0.05, 0) is 39.1 Å². The number of hydrogen-bond donors (Lipinski definition) is 1. The number of rotatable bonds is 2. The standard InChI is InChI=1S/C19H17NO/c20-19(16-7-8-17-11-21-12-18(17)10-16)15-6-5-13-3-1-2-4-14(13)9-15/h1-10,19H,11-12,20H2. The van der Waals surface area contributed by atoms with Crippen LogP contribution in [0, 0.1) is 0 Å². The van der Waals surface area contributed by atoms with Crippen LogP contribution in [-0.4, -0.2) is 0 Å². The number of nitrogens with two attached hydrogens (primary N) is 1. The first kappa shape index (κ1) is 12.6. The predicted octanol–water partition coefficient (Wildman–Crippen LogP) is 3.92. The fourth-order valence-electron chi connectivity index (χ4n) is 2.98. The molecule has 1 unspecified atom stereocenters. The Morgan fingerprint density at radius 3 is 2.38 bits per heavy atom. The Balaban J connectivity index is 1.73. The molecular formula is C19H17NO. The van der Waals surface area contributed by atoms with E-state index in [1.54, 1.807) is 0 Å². The van der Waals surface area contributed by atoms with Crippen molar-refractivity contribution >= 4 is 10.8 Å². The van der Waals surface area contributed by atoms with Gasteiger partial charge in [-0.1, -0.05) is 54.6 Å². The van der Waals surface area contributed by atoms with E-state index in [4.69, 9.17) is 10.5 Å². The molecule has 0 aromatic heterocycles. The molecule has 2 heteroatoms. The highest BCUT2D eigenvalue weighted by Gasteiger charge is 2.15. The second-order valence-corrected chi connectivity index (χ2v) is 5.61. The SMILES string of the molecule is NC(c1ccc2c(c1)COC2)c1ccc2ccccc2c1. The van der Waals surface area contributed by atoms with Crippen LogP contribution in [0.3, 0.4) is 0 Å². The Kier molecular flexibility index (Phi) is 2.99. The van der Waals surface area contributed by atoms with Crippen molar-refractivity contribution in [3.05, 3.63) is 82.9 Å². The van der Waals surface area contributed by atoms with E-state index in [0.29, 0.717) is 6.61 Å². The summed E-state index contributed by atoms with van der Waals surface area (Å²) < 4.78 is 5.47. The van der Waals surface area contributed by atoms with Gasteiger partial charge in [0.1, 0.15) is 0 Å². The lowest BCUT2D eigenvalue weighted by molar-refractivity contribution is 0.134. The van der Waals surface area contributed by atoms with Crippen LogP contribution in [0.5, 0.6) is 0 Å². The summed E-state index contributed by atoms with van der Waals surface area (Å²) in [6.45, 7) is 1.43. The van der Waals surface area contributed by atoms with Crippen LogP contribution in [-0.2, 0) is 18.0 Å². The topological polar surface area (TPSA) is 35.2 Å². The minimum atomic E-state index is -0.0968. The van der Waals surface area contributed by atoms with Gasteiger partial charge in [-0.25, -0.2) is 0 Å². The Labute approximate surface area is 124 Å². The summed E-state index contributed by atoms with van der Waals surface area (Å²) in [4.78, 5) is 0. The summed E-state index contributed by atoms with van der Waals surface area (Å²) in [6.07, 6.45) is 0. The molecule has 0 radical (unpaired) electrons. The average Bonchev–Trinajstić information content (AvgIpc) is 3.01. The van der Waals surface area contributed by atoms with Gasteiger partial charge >= 0.3 is 0 Å². The van der Waals surface area contributed by atoms with Crippen molar-refractivity contribution < 1.29 is 4.74 Å². The Morgan fingerprint density at radius 2 is 1.48 bits per heavy atom. The minimum Gasteiger partial charge on any atom is -0.372 e. The molecule has 0 spiro atoms. The van der Waals surface area contributed by atoms with Crippen LogP contribution >= 0.6 is 0 Å². The van der Waals surface area contributed by atoms with Crippen molar-refractivity contribution in [1.82, 2.24) is 0 Å². The minimum absolute atomic E-state index is 0.0968. The normalized spacial score (nSPS) is 15.1. The molecule has 0 amide bonds. The fourth-order valence-corrected chi connectivity index (χ4v) is 2.98. The van der Waals surface area contributed by atoms with Gasteiger partial charge in [0.15, 0.2) is 0 Å². The second-order valence-electron chi connectivity index (χ2n) is 5.61. The molecule has 2 N–H and O–H groups in total. The molecule has 3 aromatic rings. The van der Waals surface area contributed by atoms with E-state index in [9.17, 15) is 0 Å². The van der Waals surface area contributed by atoms with Crippen molar-refractivity contribution in [1.29, 1.82) is 0 Å². The summed E-state index contributed by atoms with van der Waals surface area (Å²) >= 11 is 0. The molecule has 1 aliphatic rings. The monoisotopic (exact) mass is 275 g/mol. The quantitative estimate of drug-likeness (QED) is 0.769. The molecular weight excluding hydrogens is 258 g/mol. The van der Waals surface area contributed by atoms with Crippen molar-refractivity contribution in [3.63, 3.8) is 0 Å². The van der Waals surface area contributed by atoms with E-state index in [2.05, 4.69) is 60.7 Å². The third-order valence-electron chi connectivity index (χ3n) is 4.24. The number of ether oxygens (including phenoxy) is 1. The lowest BCUT2D eigenvalue weighted by Gasteiger charge is -2.14. The van der Waals surface area contributed by atoms with Crippen molar-refractivity contribution in [2.45, 2.75) is 19.3 Å². The lowest BCUT2D eigenvalue weighted by atomic mass is 9.95. The Hall–Kier alpha value is -2.16. The first-order chi connectivity index (χ1) is 10.3. The lowest BCUT2D eigenvalue weighted by Crippen LogP contribution is -2.12. The van der Waals surface area contributed by atoms with Crippen LogP contribution in [0.25, 0.3) is 10.8 Å². The number of fused-ring (bicyclic) bond motifs is 2. The first-order valence-corrected chi connectivity index (χ1v) is 7.25. The molecule has 0 aliphatic carbocycles. The summed E-state index contributed by atoms with van der Waals surface area (Å²) in [5.74, 6) is 0. The van der Waals surface area contributed by atoms with E-state index in [0.717, 1.165) is 17.7 Å². The summed E-state index contributed by atoms with van der Waals surface area (Å²) in [7, 11) is 0. The molecule has 1 heterocycles. The first-order valence-electron chi connectivity index (χ1n) is 7.25. The molecule has 0 bridgehead atoms. The predicted molar refractivity (Wildman–Crippen MR) is 84.9 cm³/mol. The van der Waals surface area contributed by atoms with E-state index in [1.165, 1.54) is 21.9 Å². The molecule has 2 nitrogen and oxygen atoms in total. The summed E-state index contributed by atoms with van der Waals surface area (Å²) in [5, 5.41) is 2.48. The van der Waals surface area contributed by atoms with Gasteiger partial charge < -0.3 is 10.5 Å². The molecule has 3 aromatic carbocycles. The fraction of sp³-hybridized carbons (Fsp3) is 0.158. The molecule has 104 valence electrons. The van der Waals surface area contributed by atoms with E-state index >= 15 is 0 Å². The van der Waals surface area contributed by atoms with Crippen LogP contribution in [0.2, 0.25) is 0 Å². The molecule has 1 aliphatic heterocycles. The van der Waals surface area contributed by atoms with Crippen molar-refractivity contribution in [3.8, 4) is 0 Å². The second kappa shape index (κ2) is 4.99. The van der Waals surface area contributed by atoms with Crippen molar-refractivity contribution in [2.75, 3.05) is 0 Å². The largest absolute Gasteiger partial charge is 0.372 e. The highest BCUT2D eigenvalue weighted by molar-refractivity contribution is 5.83. The van der Waals surface area contributed by atoms with Gasteiger partial charge in [0, 0.05) is 0 Å². The van der Waals surface area contributed by atoms with Crippen LogP contribution in [0.4, 0.5) is 0 Å². The molecule has 0 fully saturated rings. The van der Waals surface area contributed by atoms with Gasteiger partial charge in [0.2, 0.25) is 0 Å².